The number of aliphatic hydroxyl groups is 1. The highest BCUT2D eigenvalue weighted by Crippen LogP contribution is 2.07. The third-order valence-corrected chi connectivity index (χ3v) is 2.01. The molecule has 0 saturated carbocycles. The summed E-state index contributed by atoms with van der Waals surface area (Å²) in [4.78, 5) is 24.1. The third kappa shape index (κ3) is 7.15. The van der Waals surface area contributed by atoms with Gasteiger partial charge in [-0.15, -0.1) is 0 Å². The van der Waals surface area contributed by atoms with E-state index in [1.54, 1.807) is 0 Å². The Labute approximate surface area is 116 Å². The fraction of sp³-hybridized carbons (Fsp3) is 0.667. The summed E-state index contributed by atoms with van der Waals surface area (Å²) < 4.78 is 27.9. The minimum Gasteiger partial charge on any atom is -0.394 e. The van der Waals surface area contributed by atoms with Gasteiger partial charge in [-0.05, 0) is 6.92 Å². The lowest BCUT2D eigenvalue weighted by Crippen LogP contribution is -2.34. The maximum Gasteiger partial charge on any atom is 0.330 e. The van der Waals surface area contributed by atoms with Gasteiger partial charge in [0.05, 0.1) is 13.8 Å². The first-order valence-corrected chi connectivity index (χ1v) is 6.10. The molecule has 1 aromatic rings. The topological polar surface area (TPSA) is 84.3 Å². The molecule has 1 aromatic heterocycles. The number of hydrogen-bond donors (Lipinski definition) is 2. The van der Waals surface area contributed by atoms with Crippen LogP contribution in [0.25, 0.3) is 0 Å². The van der Waals surface area contributed by atoms with E-state index in [0.29, 0.717) is 7.18 Å². The quantitative estimate of drug-likeness (QED) is 0.849. The van der Waals surface area contributed by atoms with E-state index in [1.165, 1.54) is 13.1 Å². The average molecular weight is 296 g/mol. The SMILES string of the molecule is CC.CC(OC(CO)CF)n1ccc(=O)[nH]c1=O.CF. The maximum absolute atomic E-state index is 12.3. The first-order chi connectivity index (χ1) is 9.58. The van der Waals surface area contributed by atoms with E-state index in [2.05, 4.69) is 0 Å². The fourth-order valence-corrected chi connectivity index (χ4v) is 1.19. The molecule has 118 valence electrons. The summed E-state index contributed by atoms with van der Waals surface area (Å²) in [5.74, 6) is 0. The third-order valence-electron chi connectivity index (χ3n) is 2.01. The number of rotatable bonds is 5. The largest absolute Gasteiger partial charge is 0.394 e. The van der Waals surface area contributed by atoms with Gasteiger partial charge >= 0.3 is 5.69 Å². The van der Waals surface area contributed by atoms with Gasteiger partial charge in [0.1, 0.15) is 19.0 Å². The highest BCUT2D eigenvalue weighted by molar-refractivity contribution is 4.83. The van der Waals surface area contributed by atoms with Gasteiger partial charge in [-0.1, -0.05) is 13.8 Å². The van der Waals surface area contributed by atoms with Crippen molar-refractivity contribution in [2.45, 2.75) is 33.1 Å². The van der Waals surface area contributed by atoms with Crippen molar-refractivity contribution in [2.24, 2.45) is 0 Å². The van der Waals surface area contributed by atoms with Gasteiger partial charge in [0, 0.05) is 12.3 Å². The Morgan fingerprint density at radius 1 is 1.40 bits per heavy atom. The lowest BCUT2D eigenvalue weighted by Gasteiger charge is -2.19. The van der Waals surface area contributed by atoms with Gasteiger partial charge in [0.2, 0.25) is 0 Å². The van der Waals surface area contributed by atoms with Crippen LogP contribution in [0.3, 0.4) is 0 Å². The molecule has 0 bridgehead atoms. The highest BCUT2D eigenvalue weighted by Gasteiger charge is 2.14. The zero-order valence-corrected chi connectivity index (χ0v) is 12.1. The van der Waals surface area contributed by atoms with Crippen LogP contribution < -0.4 is 11.2 Å². The second-order valence-corrected chi connectivity index (χ2v) is 3.21. The number of alkyl halides is 2. The van der Waals surface area contributed by atoms with E-state index in [-0.39, 0.29) is 0 Å². The maximum atomic E-state index is 12.3. The highest BCUT2D eigenvalue weighted by atomic mass is 19.1. The monoisotopic (exact) mass is 296 g/mol. The Kier molecular flexibility index (Phi) is 13.0. The molecule has 1 rings (SSSR count). The molecule has 0 aliphatic heterocycles. The van der Waals surface area contributed by atoms with E-state index in [1.807, 2.05) is 18.8 Å². The minimum absolute atomic E-state index is 0.473. The van der Waals surface area contributed by atoms with Crippen molar-refractivity contribution in [2.75, 3.05) is 20.5 Å². The van der Waals surface area contributed by atoms with Gasteiger partial charge in [0.15, 0.2) is 0 Å². The molecule has 0 amide bonds. The van der Waals surface area contributed by atoms with Crippen LogP contribution >= 0.6 is 0 Å². The fourth-order valence-electron chi connectivity index (χ4n) is 1.19. The van der Waals surface area contributed by atoms with E-state index in [9.17, 15) is 18.4 Å². The molecule has 8 heteroatoms. The number of aromatic amines is 1. The molecule has 0 aromatic carbocycles. The molecule has 0 saturated heterocycles. The summed E-state index contributed by atoms with van der Waals surface area (Å²) in [5, 5.41) is 8.73. The van der Waals surface area contributed by atoms with E-state index >= 15 is 0 Å². The molecule has 0 radical (unpaired) electrons. The molecule has 1 heterocycles. The van der Waals surface area contributed by atoms with Crippen LogP contribution in [0.4, 0.5) is 8.78 Å². The number of aliphatic hydroxyl groups excluding tert-OH is 1. The molecule has 6 nitrogen and oxygen atoms in total. The van der Waals surface area contributed by atoms with Gasteiger partial charge in [-0.2, -0.15) is 0 Å². The van der Waals surface area contributed by atoms with Crippen molar-refractivity contribution in [1.82, 2.24) is 9.55 Å². The van der Waals surface area contributed by atoms with Crippen molar-refractivity contribution in [3.8, 4) is 0 Å². The lowest BCUT2D eigenvalue weighted by molar-refractivity contribution is -0.0755. The average Bonchev–Trinajstić information content (AvgIpc) is 2.48. The molecular formula is C12H22F2N2O4. The van der Waals surface area contributed by atoms with Crippen molar-refractivity contribution >= 4 is 0 Å². The molecule has 0 fully saturated rings. The minimum atomic E-state index is -0.978. The molecule has 2 N–H and O–H groups in total. The van der Waals surface area contributed by atoms with Crippen molar-refractivity contribution in [1.29, 1.82) is 0 Å². The van der Waals surface area contributed by atoms with Crippen LogP contribution in [0.1, 0.15) is 27.0 Å². The van der Waals surface area contributed by atoms with Crippen LogP contribution in [0.15, 0.2) is 21.9 Å². The number of aromatic nitrogens is 2. The van der Waals surface area contributed by atoms with Gasteiger partial charge in [-0.25, -0.2) is 9.18 Å². The van der Waals surface area contributed by atoms with Crippen molar-refractivity contribution in [3.63, 3.8) is 0 Å². The zero-order valence-electron chi connectivity index (χ0n) is 12.1. The van der Waals surface area contributed by atoms with Crippen LogP contribution in [-0.2, 0) is 4.74 Å². The van der Waals surface area contributed by atoms with Crippen molar-refractivity contribution < 1.29 is 18.6 Å². The Morgan fingerprint density at radius 2 is 1.95 bits per heavy atom. The zero-order chi connectivity index (χ0) is 16.1. The second-order valence-electron chi connectivity index (χ2n) is 3.21. The molecule has 0 aliphatic carbocycles. The van der Waals surface area contributed by atoms with Crippen LogP contribution in [-0.4, -0.2) is 41.2 Å². The number of H-pyrrole nitrogens is 1. The van der Waals surface area contributed by atoms with E-state index in [0.717, 1.165) is 10.6 Å². The Hall–Kier alpha value is -1.54. The van der Waals surface area contributed by atoms with Crippen molar-refractivity contribution in [3.05, 3.63) is 33.1 Å². The molecule has 2 unspecified atom stereocenters. The number of halogens is 2. The van der Waals surface area contributed by atoms with Crippen LogP contribution in [0.5, 0.6) is 0 Å². The summed E-state index contributed by atoms with van der Waals surface area (Å²) in [6.45, 7) is 4.19. The second kappa shape index (κ2) is 12.5. The Bertz CT molecular complexity index is 444. The summed E-state index contributed by atoms with van der Waals surface area (Å²) in [6, 6.07) is 1.16. The molecule has 2 atom stereocenters. The number of nitrogens with zero attached hydrogens (tertiary/aromatic N) is 1. The predicted molar refractivity (Wildman–Crippen MR) is 72.3 cm³/mol. The van der Waals surface area contributed by atoms with E-state index in [4.69, 9.17) is 9.84 Å². The normalized spacial score (nSPS) is 12.3. The number of hydrogen-bond acceptors (Lipinski definition) is 4. The lowest BCUT2D eigenvalue weighted by atomic mass is 10.4. The first kappa shape index (κ1) is 20.8. The molecule has 20 heavy (non-hydrogen) atoms. The van der Waals surface area contributed by atoms with Crippen LogP contribution in [0.2, 0.25) is 0 Å². The van der Waals surface area contributed by atoms with Gasteiger partial charge in [-0.3, -0.25) is 18.7 Å². The summed E-state index contributed by atoms with van der Waals surface area (Å²) in [7, 11) is 0.500. The van der Waals surface area contributed by atoms with Gasteiger partial charge in [0.25, 0.3) is 5.56 Å². The molecule has 0 spiro atoms. The smallest absolute Gasteiger partial charge is 0.330 e. The number of nitrogens with one attached hydrogen (secondary N) is 1. The number of ether oxygens (including phenoxy) is 1. The summed E-state index contributed by atoms with van der Waals surface area (Å²) >= 11 is 0. The summed E-state index contributed by atoms with van der Waals surface area (Å²) in [6.07, 6.45) is -0.496. The van der Waals surface area contributed by atoms with Crippen LogP contribution in [0, 0.1) is 0 Å². The summed E-state index contributed by atoms with van der Waals surface area (Å²) in [5.41, 5.74) is -1.16. The predicted octanol–water partition coefficient (Wildman–Crippen LogP) is 1.01. The Balaban J connectivity index is 0. The molecular weight excluding hydrogens is 274 g/mol. The van der Waals surface area contributed by atoms with E-state index < -0.39 is 36.9 Å². The standard InChI is InChI=1S/C9H13FN2O4.C2H6.CH3F/c1-6(16-7(4-10)5-13)12-3-2-8(14)11-9(12)15;2*1-2/h2-3,6-7,13H,4-5H2,1H3,(H,11,14,15);1-2H3;1H3. The van der Waals surface area contributed by atoms with Gasteiger partial charge < -0.3 is 9.84 Å². The first-order valence-electron chi connectivity index (χ1n) is 6.10. The Morgan fingerprint density at radius 3 is 2.35 bits per heavy atom. The molecule has 0 aliphatic rings.